The van der Waals surface area contributed by atoms with Gasteiger partial charge in [0.15, 0.2) is 0 Å². The Morgan fingerprint density at radius 3 is 1.88 bits per heavy atom. The maximum Gasteiger partial charge on any atom is 0.135 e. The zero-order chi connectivity index (χ0) is 6.62. The Bertz CT molecular complexity index is 81.0. The molecule has 0 rings (SSSR count). The van der Waals surface area contributed by atoms with Crippen LogP contribution in [0, 0.1) is 0 Å². The number of quaternary nitrogens is 1. The van der Waals surface area contributed by atoms with Crippen LogP contribution in [0.25, 0.3) is 0 Å². The van der Waals surface area contributed by atoms with Crippen LogP contribution in [0.2, 0.25) is 0 Å². The second-order valence-electron chi connectivity index (χ2n) is 2.64. The van der Waals surface area contributed by atoms with Gasteiger partial charge in [0, 0.05) is 0 Å². The fourth-order valence-electron chi connectivity index (χ4n) is 0.243. The van der Waals surface area contributed by atoms with Crippen molar-refractivity contribution in [2.24, 2.45) is 0 Å². The first kappa shape index (κ1) is 7.50. The summed E-state index contributed by atoms with van der Waals surface area (Å²) in [5.74, 6) is 0. The molecule has 0 fully saturated rings. The van der Waals surface area contributed by atoms with Crippen molar-refractivity contribution in [3.8, 4) is 0 Å². The highest BCUT2D eigenvalue weighted by Crippen LogP contribution is 1.89. The largest absolute Gasteiger partial charge is 0.499 e. The van der Waals surface area contributed by atoms with E-state index in [1.165, 1.54) is 0 Å². The van der Waals surface area contributed by atoms with Crippen LogP contribution in [0.1, 0.15) is 0 Å². The molecule has 0 aromatic rings. The summed E-state index contributed by atoms with van der Waals surface area (Å²) >= 11 is 0. The second kappa shape index (κ2) is 2.72. The number of ether oxygens (including phenoxy) is 1. The van der Waals surface area contributed by atoms with E-state index < -0.39 is 0 Å². The van der Waals surface area contributed by atoms with Crippen molar-refractivity contribution >= 4 is 0 Å². The van der Waals surface area contributed by atoms with E-state index in [0.29, 0.717) is 0 Å². The van der Waals surface area contributed by atoms with E-state index in [1.54, 1.807) is 13.4 Å². The summed E-state index contributed by atoms with van der Waals surface area (Å²) in [6, 6.07) is 0. The van der Waals surface area contributed by atoms with Crippen molar-refractivity contribution in [2.45, 2.75) is 0 Å². The first-order valence-corrected chi connectivity index (χ1v) is 2.58. The molecule has 0 N–H and O–H groups in total. The van der Waals surface area contributed by atoms with Crippen LogP contribution < -0.4 is 0 Å². The second-order valence-corrected chi connectivity index (χ2v) is 2.64. The van der Waals surface area contributed by atoms with Gasteiger partial charge >= 0.3 is 0 Å². The van der Waals surface area contributed by atoms with Gasteiger partial charge in [0.2, 0.25) is 0 Å². The molecule has 0 aliphatic rings. The number of hydrogen-bond donors (Lipinski definition) is 0. The summed E-state index contributed by atoms with van der Waals surface area (Å²) in [5, 5.41) is 0. The molecule has 0 spiro atoms. The Labute approximate surface area is 51.0 Å². The molecule has 0 atom stereocenters. The van der Waals surface area contributed by atoms with E-state index in [4.69, 9.17) is 4.74 Å². The SMILES string of the molecule is COC=C[N+](C)(C)C. The van der Waals surface area contributed by atoms with Gasteiger partial charge in [-0.2, -0.15) is 0 Å². The van der Waals surface area contributed by atoms with Crippen molar-refractivity contribution in [3.05, 3.63) is 12.5 Å². The average Bonchev–Trinajstić information content (AvgIpc) is 1.59. The molecule has 2 nitrogen and oxygen atoms in total. The fraction of sp³-hybridized carbons (Fsp3) is 0.667. The lowest BCUT2D eigenvalue weighted by atomic mass is 10.7. The third kappa shape index (κ3) is 5.50. The molecular formula is C6H14NO+. The third-order valence-electron chi connectivity index (χ3n) is 0.644. The van der Waals surface area contributed by atoms with Crippen LogP contribution >= 0.6 is 0 Å². The summed E-state index contributed by atoms with van der Waals surface area (Å²) < 4.78 is 5.52. The quantitative estimate of drug-likeness (QED) is 0.383. The van der Waals surface area contributed by atoms with E-state index in [2.05, 4.69) is 21.1 Å². The lowest BCUT2D eigenvalue weighted by molar-refractivity contribution is -0.817. The van der Waals surface area contributed by atoms with Crippen molar-refractivity contribution in [1.29, 1.82) is 0 Å². The highest BCUT2D eigenvalue weighted by molar-refractivity contribution is 4.58. The zero-order valence-corrected chi connectivity index (χ0v) is 6.01. The standard InChI is InChI=1S/C6H14NO/c1-7(2,3)5-6-8-4/h5-6H,1-4H3/q+1. The summed E-state index contributed by atoms with van der Waals surface area (Å²) in [6.45, 7) is 0. The minimum Gasteiger partial charge on any atom is -0.499 e. The van der Waals surface area contributed by atoms with Crippen molar-refractivity contribution in [3.63, 3.8) is 0 Å². The molecular weight excluding hydrogens is 102 g/mol. The van der Waals surface area contributed by atoms with Gasteiger partial charge in [-0.1, -0.05) is 0 Å². The van der Waals surface area contributed by atoms with Crippen LogP contribution in [0.15, 0.2) is 12.5 Å². The Balaban J connectivity index is 3.52. The van der Waals surface area contributed by atoms with Gasteiger partial charge in [0.1, 0.15) is 12.5 Å². The van der Waals surface area contributed by atoms with E-state index >= 15 is 0 Å². The summed E-state index contributed by atoms with van der Waals surface area (Å²) in [7, 11) is 7.84. The van der Waals surface area contributed by atoms with E-state index in [9.17, 15) is 0 Å². The summed E-state index contributed by atoms with van der Waals surface area (Å²) in [6.07, 6.45) is 3.64. The van der Waals surface area contributed by atoms with E-state index in [-0.39, 0.29) is 0 Å². The molecule has 0 heterocycles. The smallest absolute Gasteiger partial charge is 0.135 e. The topological polar surface area (TPSA) is 9.23 Å². The molecule has 0 unspecified atom stereocenters. The maximum absolute atomic E-state index is 4.72. The molecule has 8 heavy (non-hydrogen) atoms. The van der Waals surface area contributed by atoms with Crippen molar-refractivity contribution in [1.82, 2.24) is 0 Å². The highest BCUT2D eigenvalue weighted by Gasteiger charge is 1.97. The Hall–Kier alpha value is -0.500. The Morgan fingerprint density at radius 2 is 1.75 bits per heavy atom. The van der Waals surface area contributed by atoms with Crippen molar-refractivity contribution in [2.75, 3.05) is 28.3 Å². The molecule has 0 bridgehead atoms. The first-order valence-electron chi connectivity index (χ1n) is 2.58. The van der Waals surface area contributed by atoms with E-state index in [0.717, 1.165) is 4.48 Å². The molecule has 0 saturated carbocycles. The number of rotatable bonds is 2. The Morgan fingerprint density at radius 1 is 1.25 bits per heavy atom. The van der Waals surface area contributed by atoms with Gasteiger partial charge in [0.05, 0.1) is 28.3 Å². The molecule has 0 aliphatic heterocycles. The average molecular weight is 116 g/mol. The van der Waals surface area contributed by atoms with Crippen LogP contribution in [0.4, 0.5) is 0 Å². The number of methoxy groups -OCH3 is 1. The van der Waals surface area contributed by atoms with Crippen LogP contribution in [-0.4, -0.2) is 32.7 Å². The predicted molar refractivity (Wildman–Crippen MR) is 34.2 cm³/mol. The van der Waals surface area contributed by atoms with Gasteiger partial charge in [-0.15, -0.1) is 0 Å². The number of nitrogens with zero attached hydrogens (tertiary/aromatic N) is 1. The normalized spacial score (nSPS) is 12.5. The lowest BCUT2D eigenvalue weighted by Crippen LogP contribution is -2.26. The highest BCUT2D eigenvalue weighted by atomic mass is 16.5. The predicted octanol–water partition coefficient (Wildman–Crippen LogP) is 0.810. The molecule has 0 aliphatic carbocycles. The van der Waals surface area contributed by atoms with E-state index in [1.807, 2.05) is 6.20 Å². The Kier molecular flexibility index (Phi) is 2.55. The zero-order valence-electron chi connectivity index (χ0n) is 6.01. The molecule has 0 radical (unpaired) electrons. The minimum absolute atomic E-state index is 0.799. The molecule has 0 aromatic heterocycles. The maximum atomic E-state index is 4.72. The van der Waals surface area contributed by atoms with Gasteiger partial charge < -0.3 is 9.22 Å². The third-order valence-corrected chi connectivity index (χ3v) is 0.644. The molecule has 48 valence electrons. The summed E-state index contributed by atoms with van der Waals surface area (Å²) in [5.41, 5.74) is 0. The minimum atomic E-state index is 0.799. The monoisotopic (exact) mass is 116 g/mol. The van der Waals surface area contributed by atoms with Gasteiger partial charge in [-0.05, 0) is 0 Å². The van der Waals surface area contributed by atoms with Crippen molar-refractivity contribution < 1.29 is 9.22 Å². The molecule has 0 aromatic carbocycles. The van der Waals surface area contributed by atoms with Crippen LogP contribution in [0.5, 0.6) is 0 Å². The number of hydrogen-bond acceptors (Lipinski definition) is 1. The van der Waals surface area contributed by atoms with Crippen LogP contribution in [0.3, 0.4) is 0 Å². The summed E-state index contributed by atoms with van der Waals surface area (Å²) in [4.78, 5) is 0. The lowest BCUT2D eigenvalue weighted by Gasteiger charge is -2.16. The van der Waals surface area contributed by atoms with Gasteiger partial charge in [-0.3, -0.25) is 0 Å². The molecule has 0 amide bonds. The first-order chi connectivity index (χ1) is 3.56. The van der Waals surface area contributed by atoms with Crippen LogP contribution in [-0.2, 0) is 4.74 Å². The van der Waals surface area contributed by atoms with Gasteiger partial charge in [-0.25, -0.2) is 0 Å². The molecule has 0 saturated heterocycles. The fourth-order valence-corrected chi connectivity index (χ4v) is 0.243. The van der Waals surface area contributed by atoms with Gasteiger partial charge in [0.25, 0.3) is 0 Å². The molecule has 2 heteroatoms.